The van der Waals surface area contributed by atoms with Gasteiger partial charge in [-0.1, -0.05) is 60.2 Å². The molecular weight excluding hydrogens is 739 g/mol. The minimum atomic E-state index is 0. The zero-order valence-corrected chi connectivity index (χ0v) is 27.7. The van der Waals surface area contributed by atoms with Crippen molar-refractivity contribution in [3.63, 3.8) is 0 Å². The van der Waals surface area contributed by atoms with E-state index in [-0.39, 0.29) is 20.1 Å². The van der Waals surface area contributed by atoms with E-state index in [1.807, 2.05) is 134 Å². The van der Waals surface area contributed by atoms with E-state index in [0.717, 1.165) is 33.8 Å². The van der Waals surface area contributed by atoms with E-state index in [0.29, 0.717) is 0 Å². The van der Waals surface area contributed by atoms with Gasteiger partial charge >= 0.3 is 20.1 Å². The summed E-state index contributed by atoms with van der Waals surface area (Å²) in [6.45, 7) is 2.06. The Morgan fingerprint density at radius 3 is 1.33 bits per heavy atom. The molecule has 8 aromatic rings. The van der Waals surface area contributed by atoms with Crippen LogP contribution in [0, 0.1) is 25.1 Å². The molecule has 0 fully saturated rings. The molecule has 0 radical (unpaired) electrons. The van der Waals surface area contributed by atoms with Crippen LogP contribution in [0.5, 0.6) is 0 Å². The molecule has 0 saturated carbocycles. The molecule has 0 saturated heterocycles. The second-order valence-electron chi connectivity index (χ2n) is 10.3. The average molecular weight is 769 g/mol. The third-order valence-corrected chi connectivity index (χ3v) is 7.18. The summed E-state index contributed by atoms with van der Waals surface area (Å²) in [7, 11) is 0. The van der Waals surface area contributed by atoms with Crippen LogP contribution in [0.3, 0.4) is 0 Å². The first-order valence-corrected chi connectivity index (χ1v) is 14.8. The van der Waals surface area contributed by atoms with Crippen molar-refractivity contribution in [1.82, 2.24) is 15.0 Å². The third kappa shape index (κ3) is 8.05. The first-order chi connectivity index (χ1) is 22.3. The van der Waals surface area contributed by atoms with Crippen LogP contribution < -0.4 is 0 Å². The SMILES string of the molecule is Cc1ccnc(-c2[c-]cccc2)c1.[Ir+3].[c-]1ccccc1-c1nccc2ccccc12.[c-]1ccccc1-c1nccc2ccccc12. The van der Waals surface area contributed by atoms with E-state index in [9.17, 15) is 0 Å². The van der Waals surface area contributed by atoms with Gasteiger partial charge in [0.05, 0.1) is 0 Å². The van der Waals surface area contributed by atoms with Crippen LogP contribution in [-0.2, 0) is 20.1 Å². The Bertz CT molecular complexity index is 1990. The van der Waals surface area contributed by atoms with E-state index in [1.54, 1.807) is 0 Å². The Kier molecular flexibility index (Phi) is 11.3. The minimum Gasteiger partial charge on any atom is -0.305 e. The molecule has 0 amide bonds. The van der Waals surface area contributed by atoms with Crippen LogP contribution >= 0.6 is 0 Å². The maximum absolute atomic E-state index is 4.45. The second kappa shape index (κ2) is 16.2. The van der Waals surface area contributed by atoms with Gasteiger partial charge in [0.15, 0.2) is 0 Å². The van der Waals surface area contributed by atoms with Crippen LogP contribution in [0.1, 0.15) is 5.56 Å². The summed E-state index contributed by atoms with van der Waals surface area (Å²) in [6.07, 6.45) is 5.52. The smallest absolute Gasteiger partial charge is 0.305 e. The summed E-state index contributed by atoms with van der Waals surface area (Å²) in [5.74, 6) is 0. The van der Waals surface area contributed by atoms with Gasteiger partial charge in [-0.15, -0.1) is 108 Å². The largest absolute Gasteiger partial charge is 3.00 e. The molecule has 0 aliphatic carbocycles. The summed E-state index contributed by atoms with van der Waals surface area (Å²) in [5.41, 5.74) is 7.34. The Labute approximate surface area is 284 Å². The van der Waals surface area contributed by atoms with Gasteiger partial charge in [-0.3, -0.25) is 0 Å². The second-order valence-corrected chi connectivity index (χ2v) is 10.3. The number of rotatable bonds is 3. The molecule has 3 aromatic heterocycles. The van der Waals surface area contributed by atoms with E-state index in [4.69, 9.17) is 0 Å². The van der Waals surface area contributed by atoms with Gasteiger partial charge in [-0.2, -0.15) is 0 Å². The molecule has 222 valence electrons. The van der Waals surface area contributed by atoms with Gasteiger partial charge in [-0.25, -0.2) is 0 Å². The number of hydrogen-bond donors (Lipinski definition) is 0. The predicted molar refractivity (Wildman–Crippen MR) is 185 cm³/mol. The third-order valence-electron chi connectivity index (χ3n) is 7.18. The molecule has 0 unspecified atom stereocenters. The summed E-state index contributed by atoms with van der Waals surface area (Å²) in [6, 6.07) is 58.0. The zero-order chi connectivity index (χ0) is 30.7. The van der Waals surface area contributed by atoms with E-state index in [1.165, 1.54) is 27.1 Å². The molecule has 0 aliphatic rings. The molecule has 0 N–H and O–H groups in total. The van der Waals surface area contributed by atoms with Crippen LogP contribution in [0.15, 0.2) is 164 Å². The molecule has 0 atom stereocenters. The monoisotopic (exact) mass is 769 g/mol. The van der Waals surface area contributed by atoms with E-state index >= 15 is 0 Å². The molecule has 46 heavy (non-hydrogen) atoms. The van der Waals surface area contributed by atoms with Crippen molar-refractivity contribution >= 4 is 21.5 Å². The first-order valence-electron chi connectivity index (χ1n) is 14.8. The molecule has 3 heterocycles. The minimum absolute atomic E-state index is 0. The van der Waals surface area contributed by atoms with Gasteiger partial charge in [0.25, 0.3) is 0 Å². The number of benzene rings is 5. The Balaban J connectivity index is 0.000000135. The van der Waals surface area contributed by atoms with E-state index < -0.39 is 0 Å². The molecule has 0 aliphatic heterocycles. The van der Waals surface area contributed by atoms with Gasteiger partial charge in [0, 0.05) is 18.6 Å². The summed E-state index contributed by atoms with van der Waals surface area (Å²) >= 11 is 0. The molecule has 5 aromatic carbocycles. The van der Waals surface area contributed by atoms with Crippen molar-refractivity contribution in [1.29, 1.82) is 0 Å². The normalized spacial score (nSPS) is 10.1. The number of aryl methyl sites for hydroxylation is 1. The number of fused-ring (bicyclic) bond motifs is 2. The maximum Gasteiger partial charge on any atom is 3.00 e. The zero-order valence-electron chi connectivity index (χ0n) is 25.3. The van der Waals surface area contributed by atoms with E-state index in [2.05, 4.69) is 70.4 Å². The van der Waals surface area contributed by atoms with Crippen molar-refractivity contribution in [2.75, 3.05) is 0 Å². The van der Waals surface area contributed by atoms with Crippen LogP contribution in [0.2, 0.25) is 0 Å². The first kappa shape index (κ1) is 32.1. The van der Waals surface area contributed by atoms with Gasteiger partial charge < -0.3 is 15.0 Å². The van der Waals surface area contributed by atoms with Gasteiger partial charge in [0.2, 0.25) is 0 Å². The molecule has 8 rings (SSSR count). The fourth-order valence-corrected chi connectivity index (χ4v) is 4.99. The maximum atomic E-state index is 4.45. The van der Waals surface area contributed by atoms with Gasteiger partial charge in [0.1, 0.15) is 0 Å². The van der Waals surface area contributed by atoms with Crippen molar-refractivity contribution in [3.8, 4) is 33.8 Å². The Morgan fingerprint density at radius 1 is 0.435 bits per heavy atom. The predicted octanol–water partition coefficient (Wildman–Crippen LogP) is 10.3. The molecule has 0 spiro atoms. The Hall–Kier alpha value is -5.28. The number of hydrogen-bond acceptors (Lipinski definition) is 3. The quantitative estimate of drug-likeness (QED) is 0.168. The molecule has 0 bridgehead atoms. The molecule has 3 nitrogen and oxygen atoms in total. The standard InChI is InChI=1S/2C15H10N.C12H10N.Ir/c2*1-2-7-13(8-3-1)15-14-9-5-4-6-12(14)10-11-16-15;1-10-7-8-13-12(9-10)11-5-3-2-4-6-11;/h2*1-7,9-11H;2-5,7-9H,1H3;/q3*-1;+3. The topological polar surface area (TPSA) is 38.7 Å². The number of nitrogens with zero attached hydrogens (tertiary/aromatic N) is 3. The van der Waals surface area contributed by atoms with Crippen LogP contribution in [-0.4, -0.2) is 15.0 Å². The summed E-state index contributed by atoms with van der Waals surface area (Å²) in [4.78, 5) is 13.2. The van der Waals surface area contributed by atoms with Crippen LogP contribution in [0.25, 0.3) is 55.3 Å². The fraction of sp³-hybridized carbons (Fsp3) is 0.0238. The fourth-order valence-electron chi connectivity index (χ4n) is 4.99. The van der Waals surface area contributed by atoms with Crippen molar-refractivity contribution in [3.05, 3.63) is 188 Å². The van der Waals surface area contributed by atoms with Crippen molar-refractivity contribution < 1.29 is 20.1 Å². The number of aromatic nitrogens is 3. The summed E-state index contributed by atoms with van der Waals surface area (Å²) in [5, 5.41) is 4.77. The number of pyridine rings is 3. The average Bonchev–Trinajstić information content (AvgIpc) is 3.13. The van der Waals surface area contributed by atoms with Gasteiger partial charge in [-0.05, 0) is 63.7 Å². The van der Waals surface area contributed by atoms with Crippen molar-refractivity contribution in [2.24, 2.45) is 0 Å². The summed E-state index contributed by atoms with van der Waals surface area (Å²) < 4.78 is 0. The Morgan fingerprint density at radius 2 is 0.870 bits per heavy atom. The van der Waals surface area contributed by atoms with Crippen molar-refractivity contribution in [2.45, 2.75) is 6.92 Å². The molecular formula is C42H30IrN3. The molecule has 4 heteroatoms. The van der Waals surface area contributed by atoms with Crippen LogP contribution in [0.4, 0.5) is 0 Å².